The molecule has 144 valence electrons. The van der Waals surface area contributed by atoms with Crippen molar-refractivity contribution in [3.63, 3.8) is 0 Å². The van der Waals surface area contributed by atoms with Crippen LogP contribution in [0.25, 0.3) is 0 Å². The molecule has 0 aromatic heterocycles. The molecule has 0 heterocycles. The Labute approximate surface area is 169 Å². The molecule has 1 nitrogen and oxygen atoms in total. The van der Waals surface area contributed by atoms with E-state index in [1.54, 1.807) is 0 Å². The Kier molecular flexibility index (Phi) is 6.24. The van der Waals surface area contributed by atoms with Crippen molar-refractivity contribution < 1.29 is 0 Å². The van der Waals surface area contributed by atoms with Gasteiger partial charge in [-0.15, -0.1) is 0 Å². The van der Waals surface area contributed by atoms with E-state index in [9.17, 15) is 0 Å². The van der Waals surface area contributed by atoms with Crippen LogP contribution in [0, 0.1) is 0 Å². The molecular weight excluding hydrogens is 338 g/mol. The van der Waals surface area contributed by atoms with Crippen molar-refractivity contribution in [3.8, 4) is 0 Å². The number of rotatable bonds is 5. The zero-order valence-electron chi connectivity index (χ0n) is 16.7. The molecule has 0 saturated heterocycles. The first-order valence-electron chi connectivity index (χ1n) is 10.8. The Balaban J connectivity index is 1.85. The summed E-state index contributed by atoms with van der Waals surface area (Å²) >= 11 is 0. The van der Waals surface area contributed by atoms with Gasteiger partial charge in [0.2, 0.25) is 0 Å². The monoisotopic (exact) mass is 369 g/mol. The minimum Gasteiger partial charge on any atom is -0.297 e. The van der Waals surface area contributed by atoms with Crippen LogP contribution < -0.4 is 5.32 Å². The van der Waals surface area contributed by atoms with Gasteiger partial charge in [0, 0.05) is 6.04 Å². The van der Waals surface area contributed by atoms with E-state index in [1.165, 1.54) is 61.6 Å². The summed E-state index contributed by atoms with van der Waals surface area (Å²) in [6.45, 7) is 0. The predicted octanol–water partition coefficient (Wildman–Crippen LogP) is 6.68. The lowest BCUT2D eigenvalue weighted by Crippen LogP contribution is -2.50. The average Bonchev–Trinajstić information content (AvgIpc) is 2.75. The molecule has 1 saturated carbocycles. The zero-order valence-corrected chi connectivity index (χ0v) is 16.7. The Morgan fingerprint density at radius 1 is 0.500 bits per heavy atom. The highest BCUT2D eigenvalue weighted by Crippen LogP contribution is 2.38. The van der Waals surface area contributed by atoms with E-state index in [1.807, 2.05) is 0 Å². The molecule has 3 aromatic rings. The second-order valence-electron chi connectivity index (χ2n) is 8.03. The summed E-state index contributed by atoms with van der Waals surface area (Å²) in [6.07, 6.45) is 9.30. The first kappa shape index (κ1) is 19.0. The molecular formula is C27H31N. The largest absolute Gasteiger partial charge is 0.297 e. The van der Waals surface area contributed by atoms with Crippen molar-refractivity contribution >= 4 is 0 Å². The highest BCUT2D eigenvalue weighted by atomic mass is 15.0. The molecule has 4 rings (SSSR count). The summed E-state index contributed by atoms with van der Waals surface area (Å²) < 4.78 is 0. The number of nitrogens with one attached hydrogen (secondary N) is 1. The summed E-state index contributed by atoms with van der Waals surface area (Å²) in [4.78, 5) is 0. The maximum atomic E-state index is 4.19. The van der Waals surface area contributed by atoms with Crippen molar-refractivity contribution in [2.45, 2.75) is 56.5 Å². The van der Waals surface area contributed by atoms with Crippen LogP contribution in [0.2, 0.25) is 0 Å². The quantitative estimate of drug-likeness (QED) is 0.495. The molecule has 0 atom stereocenters. The normalized spacial score (nSPS) is 16.3. The number of hydrogen-bond donors (Lipinski definition) is 1. The average molecular weight is 370 g/mol. The Hall–Kier alpha value is -2.38. The molecule has 1 heteroatoms. The topological polar surface area (TPSA) is 12.0 Å². The van der Waals surface area contributed by atoms with E-state index in [0.717, 1.165) is 0 Å². The van der Waals surface area contributed by atoms with Gasteiger partial charge < -0.3 is 0 Å². The molecule has 0 unspecified atom stereocenters. The van der Waals surface area contributed by atoms with Gasteiger partial charge >= 0.3 is 0 Å². The third-order valence-corrected chi connectivity index (χ3v) is 6.15. The first-order chi connectivity index (χ1) is 13.9. The second-order valence-corrected chi connectivity index (χ2v) is 8.03. The predicted molar refractivity (Wildman–Crippen MR) is 118 cm³/mol. The van der Waals surface area contributed by atoms with Crippen molar-refractivity contribution in [1.29, 1.82) is 0 Å². The summed E-state index contributed by atoms with van der Waals surface area (Å²) in [5, 5.41) is 4.19. The van der Waals surface area contributed by atoms with Crippen molar-refractivity contribution in [3.05, 3.63) is 108 Å². The standard InChI is InChI=1S/C27H31N/c1-2-13-21-26(22-14-3-1)28-27(23-15-7-4-8-16-23,24-17-9-5-10-18-24)25-19-11-6-12-20-25/h4-12,15-20,26,28H,1-3,13-14,21-22H2. The van der Waals surface area contributed by atoms with E-state index in [-0.39, 0.29) is 5.54 Å². The highest BCUT2D eigenvalue weighted by Gasteiger charge is 2.37. The number of hydrogen-bond acceptors (Lipinski definition) is 1. The maximum Gasteiger partial charge on any atom is 0.0950 e. The van der Waals surface area contributed by atoms with Crippen LogP contribution in [-0.2, 0) is 5.54 Å². The van der Waals surface area contributed by atoms with E-state index >= 15 is 0 Å². The molecule has 0 bridgehead atoms. The van der Waals surface area contributed by atoms with Crippen LogP contribution in [-0.4, -0.2) is 6.04 Å². The highest BCUT2D eigenvalue weighted by molar-refractivity contribution is 5.49. The van der Waals surface area contributed by atoms with Crippen molar-refractivity contribution in [2.24, 2.45) is 0 Å². The number of benzene rings is 3. The maximum absolute atomic E-state index is 4.19. The van der Waals surface area contributed by atoms with Crippen molar-refractivity contribution in [1.82, 2.24) is 5.32 Å². The summed E-state index contributed by atoms with van der Waals surface area (Å²) in [5.74, 6) is 0. The molecule has 1 fully saturated rings. The zero-order chi connectivity index (χ0) is 19.1. The van der Waals surface area contributed by atoms with Crippen LogP contribution in [0.1, 0.15) is 61.6 Å². The molecule has 1 N–H and O–H groups in total. The fraction of sp³-hybridized carbons (Fsp3) is 0.333. The molecule has 28 heavy (non-hydrogen) atoms. The molecule has 0 aliphatic heterocycles. The molecule has 0 amide bonds. The summed E-state index contributed by atoms with van der Waals surface area (Å²) in [5.41, 5.74) is 3.62. The minimum absolute atomic E-state index is 0.326. The third kappa shape index (κ3) is 4.05. The van der Waals surface area contributed by atoms with Gasteiger partial charge in [0.15, 0.2) is 0 Å². The Bertz CT molecular complexity index is 721. The molecule has 3 aromatic carbocycles. The van der Waals surface area contributed by atoms with E-state index in [0.29, 0.717) is 6.04 Å². The van der Waals surface area contributed by atoms with Gasteiger partial charge in [-0.05, 0) is 29.5 Å². The van der Waals surface area contributed by atoms with Crippen LogP contribution in [0.4, 0.5) is 0 Å². The lowest BCUT2D eigenvalue weighted by molar-refractivity contribution is 0.327. The van der Waals surface area contributed by atoms with E-state index in [4.69, 9.17) is 0 Å². The van der Waals surface area contributed by atoms with Gasteiger partial charge in [0.05, 0.1) is 5.54 Å². The van der Waals surface area contributed by atoms with Gasteiger partial charge in [-0.1, -0.05) is 123 Å². The third-order valence-electron chi connectivity index (χ3n) is 6.15. The smallest absolute Gasteiger partial charge is 0.0950 e. The van der Waals surface area contributed by atoms with Crippen LogP contribution in [0.15, 0.2) is 91.0 Å². The molecule has 0 radical (unpaired) electrons. The fourth-order valence-corrected chi connectivity index (χ4v) is 4.72. The van der Waals surface area contributed by atoms with Gasteiger partial charge in [0.25, 0.3) is 0 Å². The van der Waals surface area contributed by atoms with Crippen molar-refractivity contribution in [2.75, 3.05) is 0 Å². The summed E-state index contributed by atoms with van der Waals surface area (Å²) in [6, 6.07) is 33.5. The molecule has 1 aliphatic rings. The fourth-order valence-electron chi connectivity index (χ4n) is 4.72. The van der Waals surface area contributed by atoms with Gasteiger partial charge in [-0.25, -0.2) is 0 Å². The molecule has 1 aliphatic carbocycles. The first-order valence-corrected chi connectivity index (χ1v) is 10.8. The van der Waals surface area contributed by atoms with Crippen LogP contribution in [0.5, 0.6) is 0 Å². The van der Waals surface area contributed by atoms with Gasteiger partial charge in [-0.2, -0.15) is 0 Å². The van der Waals surface area contributed by atoms with Gasteiger partial charge in [-0.3, -0.25) is 5.32 Å². The van der Waals surface area contributed by atoms with E-state index in [2.05, 4.69) is 96.3 Å². The van der Waals surface area contributed by atoms with Crippen LogP contribution >= 0.6 is 0 Å². The van der Waals surface area contributed by atoms with E-state index < -0.39 is 0 Å². The molecule has 0 spiro atoms. The lowest BCUT2D eigenvalue weighted by atomic mass is 9.76. The SMILES string of the molecule is c1ccc(C(NC2CCCCCCC2)(c2ccccc2)c2ccccc2)cc1. The minimum atomic E-state index is -0.326. The van der Waals surface area contributed by atoms with Crippen LogP contribution in [0.3, 0.4) is 0 Å². The lowest BCUT2D eigenvalue weighted by Gasteiger charge is -2.41. The summed E-state index contributed by atoms with van der Waals surface area (Å²) in [7, 11) is 0. The second kappa shape index (κ2) is 9.21. The van der Waals surface area contributed by atoms with Gasteiger partial charge in [0.1, 0.15) is 0 Å². The Morgan fingerprint density at radius 3 is 1.25 bits per heavy atom. The Morgan fingerprint density at radius 2 is 0.857 bits per heavy atom.